The Morgan fingerprint density at radius 1 is 1.43 bits per heavy atom. The second-order valence-corrected chi connectivity index (χ2v) is 4.16. The number of hydrogen-bond donors (Lipinski definition) is 2. The monoisotopic (exact) mass is 294 g/mol. The summed E-state index contributed by atoms with van der Waals surface area (Å²) in [7, 11) is 2.93. The van der Waals surface area contributed by atoms with Crippen LogP contribution in [0, 0.1) is 10.1 Å². The Labute approximate surface area is 119 Å². The first-order chi connectivity index (χ1) is 10.1. The van der Waals surface area contributed by atoms with Crippen molar-refractivity contribution in [3.63, 3.8) is 0 Å². The first-order valence-corrected chi connectivity index (χ1v) is 6.02. The summed E-state index contributed by atoms with van der Waals surface area (Å²) in [6, 6.07) is 2.64. The van der Waals surface area contributed by atoms with E-state index in [0.717, 1.165) is 0 Å². The molecule has 0 spiro atoms. The van der Waals surface area contributed by atoms with Gasteiger partial charge in [-0.15, -0.1) is 0 Å². The van der Waals surface area contributed by atoms with Crippen molar-refractivity contribution >= 4 is 22.3 Å². The predicted molar refractivity (Wildman–Crippen MR) is 75.3 cm³/mol. The van der Waals surface area contributed by atoms with Crippen LogP contribution in [0.1, 0.15) is 0 Å². The zero-order valence-electron chi connectivity index (χ0n) is 11.5. The summed E-state index contributed by atoms with van der Waals surface area (Å²) in [5.74, 6) is 0. The van der Waals surface area contributed by atoms with Gasteiger partial charge in [-0.3, -0.25) is 14.9 Å². The van der Waals surface area contributed by atoms with Crippen molar-refractivity contribution in [1.82, 2.24) is 9.97 Å². The third-order valence-electron chi connectivity index (χ3n) is 2.94. The van der Waals surface area contributed by atoms with Crippen LogP contribution < -0.4 is 10.9 Å². The molecule has 0 unspecified atom stereocenters. The third kappa shape index (κ3) is 3.15. The van der Waals surface area contributed by atoms with E-state index in [1.165, 1.54) is 32.7 Å². The van der Waals surface area contributed by atoms with Crippen molar-refractivity contribution in [2.45, 2.75) is 6.29 Å². The quantitative estimate of drug-likeness (QED) is 0.460. The van der Waals surface area contributed by atoms with Gasteiger partial charge in [0.2, 0.25) is 0 Å². The van der Waals surface area contributed by atoms with E-state index in [1.807, 2.05) is 0 Å². The van der Waals surface area contributed by atoms with E-state index in [-0.39, 0.29) is 23.3 Å². The number of anilines is 1. The van der Waals surface area contributed by atoms with Crippen LogP contribution in [-0.4, -0.2) is 41.9 Å². The molecule has 0 aliphatic carbocycles. The number of nitro benzene ring substituents is 1. The number of ether oxygens (including phenoxy) is 2. The molecule has 2 N–H and O–H groups in total. The molecule has 0 fully saturated rings. The molecule has 0 aliphatic rings. The SMILES string of the molecule is COC(CNc1cc2nc[nH]c(=O)c2cc1[N+](=O)[O-])OC. The van der Waals surface area contributed by atoms with Gasteiger partial charge in [-0.05, 0) is 6.07 Å². The lowest BCUT2D eigenvalue weighted by atomic mass is 10.2. The molecule has 2 aromatic rings. The summed E-state index contributed by atoms with van der Waals surface area (Å²) in [6.45, 7) is 0.211. The standard InChI is InChI=1S/C12H14N4O5/c1-20-11(21-2)5-13-9-4-8-7(3-10(9)16(18)19)12(17)15-6-14-8/h3-4,6,11,13H,5H2,1-2H3,(H,14,15,17). The van der Waals surface area contributed by atoms with Crippen LogP contribution in [0.4, 0.5) is 11.4 Å². The molecule has 9 heteroatoms. The van der Waals surface area contributed by atoms with Gasteiger partial charge in [-0.25, -0.2) is 4.98 Å². The number of aromatic nitrogens is 2. The highest BCUT2D eigenvalue weighted by Gasteiger charge is 2.18. The summed E-state index contributed by atoms with van der Waals surface area (Å²) in [5.41, 5.74) is -0.0452. The third-order valence-corrected chi connectivity index (χ3v) is 2.94. The lowest BCUT2D eigenvalue weighted by molar-refractivity contribution is -0.383. The topological polar surface area (TPSA) is 119 Å². The maximum Gasteiger partial charge on any atom is 0.293 e. The number of rotatable bonds is 6. The van der Waals surface area contributed by atoms with Crippen LogP contribution in [0.3, 0.4) is 0 Å². The number of aromatic amines is 1. The van der Waals surface area contributed by atoms with Crippen molar-refractivity contribution in [1.29, 1.82) is 0 Å². The van der Waals surface area contributed by atoms with Gasteiger partial charge in [0.25, 0.3) is 11.2 Å². The molecule has 1 aromatic carbocycles. The zero-order chi connectivity index (χ0) is 15.4. The van der Waals surface area contributed by atoms with Gasteiger partial charge < -0.3 is 19.8 Å². The van der Waals surface area contributed by atoms with Gasteiger partial charge in [0.1, 0.15) is 5.69 Å². The minimum absolute atomic E-state index is 0.157. The molecule has 0 aliphatic heterocycles. The van der Waals surface area contributed by atoms with E-state index in [1.54, 1.807) is 0 Å². The summed E-state index contributed by atoms with van der Waals surface area (Å²) in [6.07, 6.45) is 0.695. The van der Waals surface area contributed by atoms with Crippen molar-refractivity contribution < 1.29 is 14.4 Å². The molecular formula is C12H14N4O5. The first kappa shape index (κ1) is 14.9. The van der Waals surface area contributed by atoms with Crippen LogP contribution in [0.25, 0.3) is 10.9 Å². The molecule has 1 aromatic heterocycles. The molecule has 21 heavy (non-hydrogen) atoms. The van der Waals surface area contributed by atoms with E-state index < -0.39 is 16.8 Å². The van der Waals surface area contributed by atoms with Crippen molar-refractivity contribution in [2.24, 2.45) is 0 Å². The number of methoxy groups -OCH3 is 2. The molecule has 112 valence electrons. The second kappa shape index (κ2) is 6.29. The molecule has 0 amide bonds. The summed E-state index contributed by atoms with van der Waals surface area (Å²) in [4.78, 5) is 28.6. The van der Waals surface area contributed by atoms with Crippen LogP contribution in [0.5, 0.6) is 0 Å². The first-order valence-electron chi connectivity index (χ1n) is 6.02. The fourth-order valence-corrected chi connectivity index (χ4v) is 1.85. The summed E-state index contributed by atoms with van der Waals surface area (Å²) in [5, 5.41) is 14.2. The maximum atomic E-state index is 11.6. The fraction of sp³-hybridized carbons (Fsp3) is 0.333. The number of hydrogen-bond acceptors (Lipinski definition) is 7. The molecule has 0 saturated carbocycles. The Hall–Kier alpha value is -2.52. The van der Waals surface area contributed by atoms with Crippen LogP contribution in [0.15, 0.2) is 23.3 Å². The Morgan fingerprint density at radius 3 is 2.76 bits per heavy atom. The highest BCUT2D eigenvalue weighted by molar-refractivity contribution is 5.86. The van der Waals surface area contributed by atoms with E-state index >= 15 is 0 Å². The number of H-pyrrole nitrogens is 1. The van der Waals surface area contributed by atoms with Gasteiger partial charge >= 0.3 is 0 Å². The predicted octanol–water partition coefficient (Wildman–Crippen LogP) is 0.862. The summed E-state index contributed by atoms with van der Waals surface area (Å²) >= 11 is 0. The van der Waals surface area contributed by atoms with Gasteiger partial charge in [-0.2, -0.15) is 0 Å². The van der Waals surface area contributed by atoms with Crippen molar-refractivity contribution in [3.8, 4) is 0 Å². The highest BCUT2D eigenvalue weighted by Crippen LogP contribution is 2.27. The number of nitrogens with one attached hydrogen (secondary N) is 2. The van der Waals surface area contributed by atoms with Crippen LogP contribution >= 0.6 is 0 Å². The Balaban J connectivity index is 2.44. The molecule has 1 heterocycles. The Bertz CT molecular complexity index is 710. The van der Waals surface area contributed by atoms with Gasteiger partial charge in [0.05, 0.1) is 28.7 Å². The molecule has 2 rings (SSSR count). The normalized spacial score (nSPS) is 11.0. The maximum absolute atomic E-state index is 11.6. The van der Waals surface area contributed by atoms with Crippen LogP contribution in [0.2, 0.25) is 0 Å². The Kier molecular flexibility index (Phi) is 4.45. The molecule has 0 atom stereocenters. The van der Waals surface area contributed by atoms with E-state index in [4.69, 9.17) is 9.47 Å². The number of fused-ring (bicyclic) bond motifs is 1. The highest BCUT2D eigenvalue weighted by atomic mass is 16.7. The number of nitrogens with zero attached hydrogens (tertiary/aromatic N) is 2. The van der Waals surface area contributed by atoms with Gasteiger partial charge in [0, 0.05) is 20.3 Å². The molecular weight excluding hydrogens is 280 g/mol. The number of nitro groups is 1. The van der Waals surface area contributed by atoms with Crippen molar-refractivity contribution in [3.05, 3.63) is 38.9 Å². The van der Waals surface area contributed by atoms with Crippen molar-refractivity contribution in [2.75, 3.05) is 26.1 Å². The van der Waals surface area contributed by atoms with Gasteiger partial charge in [0.15, 0.2) is 6.29 Å². The van der Waals surface area contributed by atoms with E-state index in [2.05, 4.69) is 15.3 Å². The lowest BCUT2D eigenvalue weighted by Crippen LogP contribution is -2.24. The average molecular weight is 294 g/mol. The van der Waals surface area contributed by atoms with Gasteiger partial charge in [-0.1, -0.05) is 0 Å². The van der Waals surface area contributed by atoms with Crippen LogP contribution in [-0.2, 0) is 9.47 Å². The zero-order valence-corrected chi connectivity index (χ0v) is 11.5. The molecule has 0 saturated heterocycles. The van der Waals surface area contributed by atoms with E-state index in [0.29, 0.717) is 5.52 Å². The minimum atomic E-state index is -0.567. The van der Waals surface area contributed by atoms with E-state index in [9.17, 15) is 14.9 Å². The molecule has 0 bridgehead atoms. The lowest BCUT2D eigenvalue weighted by Gasteiger charge is -2.15. The second-order valence-electron chi connectivity index (χ2n) is 4.16. The Morgan fingerprint density at radius 2 is 2.14 bits per heavy atom. The molecule has 9 nitrogen and oxygen atoms in total. The summed E-state index contributed by atoms with van der Waals surface area (Å²) < 4.78 is 10.0. The molecule has 0 radical (unpaired) electrons. The smallest absolute Gasteiger partial charge is 0.293 e. The fourth-order valence-electron chi connectivity index (χ4n) is 1.85. The minimum Gasteiger partial charge on any atom is -0.374 e. The average Bonchev–Trinajstić information content (AvgIpc) is 2.47. The largest absolute Gasteiger partial charge is 0.374 e. The number of benzene rings is 1.